The third kappa shape index (κ3) is 9.26. The first-order valence-corrected chi connectivity index (χ1v) is 8.99. The van der Waals surface area contributed by atoms with Gasteiger partial charge in [0.25, 0.3) is 0 Å². The van der Waals surface area contributed by atoms with Gasteiger partial charge < -0.3 is 15.4 Å². The zero-order valence-corrected chi connectivity index (χ0v) is 18.4. The van der Waals surface area contributed by atoms with E-state index >= 15 is 0 Å². The van der Waals surface area contributed by atoms with E-state index in [1.807, 2.05) is 45.0 Å². The second-order valence-corrected chi connectivity index (χ2v) is 7.25. The summed E-state index contributed by atoms with van der Waals surface area (Å²) in [6.45, 7) is 9.19. The van der Waals surface area contributed by atoms with Crippen LogP contribution in [0.15, 0.2) is 29.3 Å². The van der Waals surface area contributed by atoms with Gasteiger partial charge in [-0.2, -0.15) is 0 Å². The highest BCUT2D eigenvalue weighted by molar-refractivity contribution is 14.0. The molecule has 26 heavy (non-hydrogen) atoms. The molecule has 3 N–H and O–H groups in total. The van der Waals surface area contributed by atoms with Gasteiger partial charge in [-0.3, -0.25) is 10.3 Å². The van der Waals surface area contributed by atoms with Crippen LogP contribution in [0, 0.1) is 0 Å². The van der Waals surface area contributed by atoms with Crippen molar-refractivity contribution in [3.8, 4) is 0 Å². The number of ether oxygens (including phenoxy) is 1. The number of hydrogen-bond donors (Lipinski definition) is 3. The molecule has 0 radical (unpaired) electrons. The van der Waals surface area contributed by atoms with Crippen LogP contribution in [0.1, 0.15) is 46.1 Å². The van der Waals surface area contributed by atoms with E-state index in [1.54, 1.807) is 0 Å². The molecule has 1 aromatic carbocycles. The van der Waals surface area contributed by atoms with Crippen molar-refractivity contribution < 1.29 is 9.53 Å². The van der Waals surface area contributed by atoms with E-state index < -0.39 is 11.7 Å². The lowest BCUT2D eigenvalue weighted by Crippen LogP contribution is -2.38. The Morgan fingerprint density at radius 1 is 1.23 bits per heavy atom. The van der Waals surface area contributed by atoms with E-state index in [-0.39, 0.29) is 24.0 Å². The molecule has 1 amide bonds. The Morgan fingerprint density at radius 2 is 1.88 bits per heavy atom. The summed E-state index contributed by atoms with van der Waals surface area (Å²) in [5, 5.41) is 9.41. The van der Waals surface area contributed by atoms with E-state index in [9.17, 15) is 4.79 Å². The lowest BCUT2D eigenvalue weighted by Gasteiger charge is -2.19. The number of anilines is 1. The molecular formula is C19H31IN4O2. The Hall–Kier alpha value is -1.51. The fourth-order valence-electron chi connectivity index (χ4n) is 2.21. The maximum Gasteiger partial charge on any atom is 0.412 e. The number of halogens is 1. The number of nitrogens with zero attached hydrogens (tertiary/aromatic N) is 1. The highest BCUT2D eigenvalue weighted by atomic mass is 127. The molecule has 0 saturated heterocycles. The number of aliphatic imine (C=N–C) groups is 1. The summed E-state index contributed by atoms with van der Waals surface area (Å²) in [5.74, 6) is 0.896. The van der Waals surface area contributed by atoms with Gasteiger partial charge >= 0.3 is 6.09 Å². The fraction of sp³-hybridized carbons (Fsp3) is 0.579. The zero-order valence-electron chi connectivity index (χ0n) is 16.1. The maximum atomic E-state index is 11.7. The lowest BCUT2D eigenvalue weighted by molar-refractivity contribution is 0.0636. The van der Waals surface area contributed by atoms with Crippen LogP contribution in [-0.4, -0.2) is 36.8 Å². The van der Waals surface area contributed by atoms with Crippen LogP contribution in [0.2, 0.25) is 0 Å². The third-order valence-electron chi connectivity index (χ3n) is 3.53. The fourth-order valence-corrected chi connectivity index (χ4v) is 2.21. The standard InChI is InChI=1S/C19H30N4O2.HI/c1-5-20-17(22-15-10-11-15)21-13-12-14-6-8-16(9-7-14)23-18(24)25-19(2,3)4;/h6-9,15H,5,10-13H2,1-4H3,(H,23,24)(H2,20,21,22);1H. The van der Waals surface area contributed by atoms with Crippen molar-refractivity contribution in [2.75, 3.05) is 18.4 Å². The number of benzene rings is 1. The average molecular weight is 474 g/mol. The van der Waals surface area contributed by atoms with E-state index in [4.69, 9.17) is 4.74 Å². The van der Waals surface area contributed by atoms with Gasteiger partial charge in [-0.1, -0.05) is 12.1 Å². The maximum absolute atomic E-state index is 11.7. The molecule has 0 atom stereocenters. The Bertz CT molecular complexity index is 593. The molecule has 0 spiro atoms. The van der Waals surface area contributed by atoms with Crippen molar-refractivity contribution >= 4 is 41.7 Å². The van der Waals surface area contributed by atoms with Crippen molar-refractivity contribution in [2.45, 2.75) is 58.6 Å². The predicted octanol–water partition coefficient (Wildman–Crippen LogP) is 3.91. The molecule has 1 aliphatic rings. The Morgan fingerprint density at radius 3 is 2.42 bits per heavy atom. The van der Waals surface area contributed by atoms with Crippen LogP contribution in [0.25, 0.3) is 0 Å². The average Bonchev–Trinajstić information content (AvgIpc) is 3.31. The van der Waals surface area contributed by atoms with Gasteiger partial charge in [0, 0.05) is 24.8 Å². The number of guanidine groups is 1. The van der Waals surface area contributed by atoms with Crippen LogP contribution >= 0.6 is 24.0 Å². The lowest BCUT2D eigenvalue weighted by atomic mass is 10.1. The van der Waals surface area contributed by atoms with Crippen molar-refractivity contribution in [2.24, 2.45) is 4.99 Å². The molecule has 0 aliphatic heterocycles. The van der Waals surface area contributed by atoms with Gasteiger partial charge in [0.15, 0.2) is 5.96 Å². The first kappa shape index (κ1) is 22.5. The van der Waals surface area contributed by atoms with Gasteiger partial charge in [0.2, 0.25) is 0 Å². The van der Waals surface area contributed by atoms with Gasteiger partial charge in [0.1, 0.15) is 5.60 Å². The minimum atomic E-state index is -0.499. The molecular weight excluding hydrogens is 443 g/mol. The van der Waals surface area contributed by atoms with Crippen LogP contribution in [0.5, 0.6) is 0 Å². The molecule has 1 aliphatic carbocycles. The quantitative estimate of drug-likeness (QED) is 0.332. The highest BCUT2D eigenvalue weighted by Gasteiger charge is 2.22. The molecule has 1 fully saturated rings. The first-order chi connectivity index (χ1) is 11.9. The molecule has 0 heterocycles. The number of carbonyl (C=O) groups excluding carboxylic acids is 1. The van der Waals surface area contributed by atoms with Gasteiger partial charge in [0.05, 0.1) is 0 Å². The first-order valence-electron chi connectivity index (χ1n) is 8.99. The Kier molecular flexibility index (Phi) is 9.18. The second-order valence-electron chi connectivity index (χ2n) is 7.25. The van der Waals surface area contributed by atoms with E-state index in [0.717, 1.165) is 31.2 Å². The monoisotopic (exact) mass is 474 g/mol. The molecule has 146 valence electrons. The van der Waals surface area contributed by atoms with Crippen LogP contribution in [0.3, 0.4) is 0 Å². The van der Waals surface area contributed by atoms with E-state index in [1.165, 1.54) is 18.4 Å². The molecule has 2 rings (SSSR count). The Labute approximate surface area is 173 Å². The summed E-state index contributed by atoms with van der Waals surface area (Å²) in [5.41, 5.74) is 1.41. The van der Waals surface area contributed by atoms with Crippen molar-refractivity contribution in [1.82, 2.24) is 10.6 Å². The number of rotatable bonds is 6. The summed E-state index contributed by atoms with van der Waals surface area (Å²) in [6.07, 6.45) is 2.88. The normalized spacial score (nSPS) is 14.2. The smallest absolute Gasteiger partial charge is 0.412 e. The summed E-state index contributed by atoms with van der Waals surface area (Å²) in [7, 11) is 0. The van der Waals surface area contributed by atoms with Crippen molar-refractivity contribution in [3.05, 3.63) is 29.8 Å². The van der Waals surface area contributed by atoms with Crippen LogP contribution in [-0.2, 0) is 11.2 Å². The van der Waals surface area contributed by atoms with Gasteiger partial charge in [-0.15, -0.1) is 24.0 Å². The van der Waals surface area contributed by atoms with Crippen LogP contribution in [0.4, 0.5) is 10.5 Å². The molecule has 0 aromatic heterocycles. The third-order valence-corrected chi connectivity index (χ3v) is 3.53. The molecule has 1 aromatic rings. The minimum Gasteiger partial charge on any atom is -0.444 e. The zero-order chi connectivity index (χ0) is 18.3. The largest absolute Gasteiger partial charge is 0.444 e. The number of hydrogen-bond acceptors (Lipinski definition) is 3. The predicted molar refractivity (Wildman–Crippen MR) is 118 cm³/mol. The van der Waals surface area contributed by atoms with Crippen molar-refractivity contribution in [3.63, 3.8) is 0 Å². The summed E-state index contributed by atoms with van der Waals surface area (Å²) in [4.78, 5) is 16.4. The summed E-state index contributed by atoms with van der Waals surface area (Å²) < 4.78 is 5.24. The number of carbonyl (C=O) groups is 1. The summed E-state index contributed by atoms with van der Waals surface area (Å²) >= 11 is 0. The topological polar surface area (TPSA) is 74.8 Å². The Balaban J connectivity index is 0.00000338. The number of nitrogens with one attached hydrogen (secondary N) is 3. The number of amides is 1. The van der Waals surface area contributed by atoms with E-state index in [2.05, 4.69) is 27.9 Å². The summed E-state index contributed by atoms with van der Waals surface area (Å²) in [6, 6.07) is 8.37. The second kappa shape index (κ2) is 10.6. The van der Waals surface area contributed by atoms with Gasteiger partial charge in [-0.25, -0.2) is 4.79 Å². The van der Waals surface area contributed by atoms with Crippen molar-refractivity contribution in [1.29, 1.82) is 0 Å². The van der Waals surface area contributed by atoms with Crippen LogP contribution < -0.4 is 16.0 Å². The molecule has 1 saturated carbocycles. The van der Waals surface area contributed by atoms with E-state index in [0.29, 0.717) is 6.04 Å². The molecule has 7 heteroatoms. The SMILES string of the molecule is CCNC(=NCCc1ccc(NC(=O)OC(C)(C)C)cc1)NC1CC1.I. The van der Waals surface area contributed by atoms with Gasteiger partial charge in [-0.05, 0) is 64.7 Å². The minimum absolute atomic E-state index is 0. The molecule has 0 bridgehead atoms. The molecule has 6 nitrogen and oxygen atoms in total. The highest BCUT2D eigenvalue weighted by Crippen LogP contribution is 2.18. The molecule has 0 unspecified atom stereocenters.